The fourth-order valence-electron chi connectivity index (χ4n) is 12.1. The minimum absolute atomic E-state index is 0. The van der Waals surface area contributed by atoms with E-state index in [0.717, 1.165) is 163 Å². The van der Waals surface area contributed by atoms with E-state index in [-0.39, 0.29) is 18.0 Å². The Morgan fingerprint density at radius 3 is 1.30 bits per heavy atom. The van der Waals surface area contributed by atoms with E-state index < -0.39 is 7.12 Å². The van der Waals surface area contributed by atoms with Crippen LogP contribution in [0.4, 0.5) is 28.8 Å². The van der Waals surface area contributed by atoms with Crippen LogP contribution in [0.5, 0.6) is 0 Å². The molecule has 0 amide bonds. The van der Waals surface area contributed by atoms with E-state index in [1.165, 1.54) is 0 Å². The molecular formula is C64H64BBrCl2N16O10. The SMILES string of the molecule is C.Clc1nc(N2CCOCC2)c2oc3ncc(Br)cc3c2n1.Clc1nc(N2CCOCC2)c2oc3ncc(N4CCOCC4)cc3c2n1.OB(O)c1cccc2[nH]ccc12.c1cc(-c2nc(N3CCOCC3)c3oc4ncc(N5CCOCC5)cc4c3n2)c2cc[nH]c2c1. The average Bonchev–Trinajstić information content (AvgIpc) is 1.59. The molecule has 2 aromatic carbocycles. The van der Waals surface area contributed by atoms with Gasteiger partial charge in [0.15, 0.2) is 40.0 Å². The Bertz CT molecular complexity index is 4830. The van der Waals surface area contributed by atoms with Gasteiger partial charge < -0.3 is 81.5 Å². The van der Waals surface area contributed by atoms with Crippen molar-refractivity contribution >= 4 is 169 Å². The van der Waals surface area contributed by atoms with Crippen molar-refractivity contribution in [2.24, 2.45) is 0 Å². The van der Waals surface area contributed by atoms with Gasteiger partial charge in [-0.25, -0.2) is 34.9 Å². The average molecular weight is 1380 g/mol. The maximum Gasteiger partial charge on any atom is 0.489 e. The van der Waals surface area contributed by atoms with Crippen molar-refractivity contribution in [3.05, 3.63) is 113 Å². The molecule has 0 bridgehead atoms. The number of H-pyrrole nitrogens is 2. The number of hydrogen-bond donors (Lipinski definition) is 4. The molecule has 0 saturated carbocycles. The molecule has 13 aromatic rings. The van der Waals surface area contributed by atoms with Crippen molar-refractivity contribution in [1.29, 1.82) is 0 Å². The first kappa shape index (κ1) is 62.9. The summed E-state index contributed by atoms with van der Waals surface area (Å²) >= 11 is 15.7. The van der Waals surface area contributed by atoms with Crippen molar-refractivity contribution in [3.8, 4) is 11.4 Å². The summed E-state index contributed by atoms with van der Waals surface area (Å²) in [6.07, 6.45) is 9.12. The maximum absolute atomic E-state index is 8.98. The highest BCUT2D eigenvalue weighted by Gasteiger charge is 2.28. The van der Waals surface area contributed by atoms with E-state index in [0.29, 0.717) is 107 Å². The van der Waals surface area contributed by atoms with Crippen LogP contribution >= 0.6 is 39.1 Å². The van der Waals surface area contributed by atoms with Gasteiger partial charge in [-0.15, -0.1) is 0 Å². The molecule has 16 heterocycles. The normalized spacial score (nSPS) is 16.4. The number of furan rings is 3. The summed E-state index contributed by atoms with van der Waals surface area (Å²) in [5.74, 6) is 2.87. The summed E-state index contributed by atoms with van der Waals surface area (Å²) in [6, 6.07) is 21.5. The summed E-state index contributed by atoms with van der Waals surface area (Å²) in [5.41, 5.74) is 11.3. The molecule has 0 aliphatic carbocycles. The lowest BCUT2D eigenvalue weighted by Crippen LogP contribution is -2.37. The minimum atomic E-state index is -1.40. The van der Waals surface area contributed by atoms with Crippen LogP contribution in [0.1, 0.15) is 7.43 Å². The zero-order valence-electron chi connectivity index (χ0n) is 50.0. The second-order valence-corrected chi connectivity index (χ2v) is 23.9. The zero-order valence-corrected chi connectivity index (χ0v) is 53.1. The Kier molecular flexibility index (Phi) is 18.6. The van der Waals surface area contributed by atoms with Crippen LogP contribution in [0.15, 0.2) is 115 Å². The molecule has 4 N–H and O–H groups in total. The molecule has 5 aliphatic rings. The number of hydrogen-bond acceptors (Lipinski definition) is 24. The lowest BCUT2D eigenvalue weighted by molar-refractivity contribution is 0.122. The predicted octanol–water partition coefficient (Wildman–Crippen LogP) is 9.20. The molecule has 0 unspecified atom stereocenters. The first-order valence-corrected chi connectivity index (χ1v) is 32.1. The first-order chi connectivity index (χ1) is 45.6. The Balaban J connectivity index is 0.000000114. The molecule has 94 heavy (non-hydrogen) atoms. The number of nitrogens with one attached hydrogen (secondary N) is 2. The highest BCUT2D eigenvalue weighted by molar-refractivity contribution is 9.10. The number of pyridine rings is 3. The molecule has 18 rings (SSSR count). The monoisotopic (exact) mass is 1380 g/mol. The van der Waals surface area contributed by atoms with Gasteiger partial charge in [0.1, 0.15) is 16.6 Å². The third-order valence-corrected chi connectivity index (χ3v) is 17.5. The molecule has 5 saturated heterocycles. The lowest BCUT2D eigenvalue weighted by atomic mass is 9.78. The van der Waals surface area contributed by atoms with Crippen LogP contribution in [-0.2, 0) is 23.7 Å². The molecule has 484 valence electrons. The highest BCUT2D eigenvalue weighted by atomic mass is 79.9. The second-order valence-electron chi connectivity index (χ2n) is 22.3. The van der Waals surface area contributed by atoms with Crippen LogP contribution in [0.3, 0.4) is 0 Å². The van der Waals surface area contributed by atoms with E-state index in [2.05, 4.69) is 116 Å². The van der Waals surface area contributed by atoms with Gasteiger partial charge in [-0.05, 0) is 92.4 Å². The van der Waals surface area contributed by atoms with Crippen molar-refractivity contribution in [2.75, 3.05) is 156 Å². The topological polar surface area (TPSA) is 290 Å². The number of rotatable bonds is 7. The van der Waals surface area contributed by atoms with Crippen molar-refractivity contribution < 1.29 is 47.0 Å². The van der Waals surface area contributed by atoms with Gasteiger partial charge in [0, 0.05) is 110 Å². The van der Waals surface area contributed by atoms with E-state index in [1.54, 1.807) is 24.5 Å². The van der Waals surface area contributed by atoms with Crippen molar-refractivity contribution in [1.82, 2.24) is 54.8 Å². The van der Waals surface area contributed by atoms with Gasteiger partial charge in [-0.3, -0.25) is 0 Å². The smallest absolute Gasteiger partial charge is 0.432 e. The summed E-state index contributed by atoms with van der Waals surface area (Å²) in [5, 5.41) is 22.9. The first-order valence-electron chi connectivity index (χ1n) is 30.6. The molecule has 0 spiro atoms. The number of benzene rings is 2. The maximum atomic E-state index is 8.98. The van der Waals surface area contributed by atoms with Gasteiger partial charge in [-0.1, -0.05) is 31.7 Å². The summed E-state index contributed by atoms with van der Waals surface area (Å²) in [7, 11) is -1.40. The van der Waals surface area contributed by atoms with Crippen LogP contribution in [-0.4, -0.2) is 204 Å². The van der Waals surface area contributed by atoms with Crippen LogP contribution in [0.2, 0.25) is 10.6 Å². The Hall–Kier alpha value is -8.55. The third kappa shape index (κ3) is 12.8. The minimum Gasteiger partial charge on any atom is -0.432 e. The molecule has 11 aromatic heterocycles. The summed E-state index contributed by atoms with van der Waals surface area (Å²) in [4.78, 5) is 58.2. The highest BCUT2D eigenvalue weighted by Crippen LogP contribution is 2.40. The molecule has 5 aliphatic heterocycles. The lowest BCUT2D eigenvalue weighted by Gasteiger charge is -2.28. The number of anilines is 5. The van der Waals surface area contributed by atoms with Crippen LogP contribution in [0, 0.1) is 0 Å². The molecule has 5 fully saturated rings. The molecule has 30 heteroatoms. The largest absolute Gasteiger partial charge is 0.489 e. The number of halogens is 3. The van der Waals surface area contributed by atoms with Gasteiger partial charge in [0.25, 0.3) is 0 Å². The van der Waals surface area contributed by atoms with E-state index in [9.17, 15) is 0 Å². The van der Waals surface area contributed by atoms with Crippen molar-refractivity contribution in [2.45, 2.75) is 7.43 Å². The van der Waals surface area contributed by atoms with Crippen LogP contribution in [0.25, 0.3) is 99.8 Å². The Morgan fingerprint density at radius 1 is 0.436 bits per heavy atom. The summed E-state index contributed by atoms with van der Waals surface area (Å²) < 4.78 is 46.3. The van der Waals surface area contributed by atoms with E-state index in [1.807, 2.05) is 42.9 Å². The number of fused-ring (bicyclic) bond motifs is 11. The van der Waals surface area contributed by atoms with Gasteiger partial charge in [-0.2, -0.15) is 9.97 Å². The van der Waals surface area contributed by atoms with Gasteiger partial charge >= 0.3 is 7.12 Å². The number of nitrogens with zero attached hydrogens (tertiary/aromatic N) is 14. The van der Waals surface area contributed by atoms with Gasteiger partial charge in [0.2, 0.25) is 27.7 Å². The van der Waals surface area contributed by atoms with E-state index in [4.69, 9.17) is 80.2 Å². The van der Waals surface area contributed by atoms with E-state index >= 15 is 0 Å². The molecule has 26 nitrogen and oxygen atoms in total. The Labute approximate surface area is 555 Å². The fourth-order valence-corrected chi connectivity index (χ4v) is 12.8. The third-order valence-electron chi connectivity index (χ3n) is 16.8. The molecule has 0 atom stereocenters. The Morgan fingerprint density at radius 2 is 0.830 bits per heavy atom. The van der Waals surface area contributed by atoms with Crippen LogP contribution < -0.4 is 30.0 Å². The number of aromatic nitrogens is 11. The fraction of sp³-hybridized carbons (Fsp3) is 0.328. The standard InChI is InChI=1S/C25H24N6O3.C17H18ClN5O3.C13H10BrClN4O2.C8H8BNO2.CH4/c1-2-18(17-4-5-26-20(17)3-1)23-28-21-19-14-16(30-6-10-32-11-7-30)15-27-25(19)34-22(21)24(29-23)31-8-12-33-13-9-31;18-17-20-13-12-9-11(22-1-5-24-6-2-22)10-19-16(12)26-14(13)15(21-17)23-3-7-25-8-4-23;14-7-5-8-9-10(21-12(8)16-6-7)11(18-13(15)17-9)19-1-3-20-4-2-19;11-9(12)7-2-1-3-8-6(7)4-5-10-8;/h1-5,14-15,26H,6-13H2;9-10H,1-8H2;5-6H,1-4H2;1-5,10-12H;1H4. The molecular weight excluding hydrogens is 1310 g/mol. The number of ether oxygens (including phenoxy) is 5. The summed E-state index contributed by atoms with van der Waals surface area (Å²) in [6.45, 7) is 14.7. The number of aromatic amines is 2. The van der Waals surface area contributed by atoms with Gasteiger partial charge in [0.05, 0.1) is 106 Å². The quantitative estimate of drug-likeness (QED) is 0.0854. The van der Waals surface area contributed by atoms with Crippen molar-refractivity contribution in [3.63, 3.8) is 0 Å². The molecule has 0 radical (unpaired) electrons. The number of morpholine rings is 5. The predicted molar refractivity (Wildman–Crippen MR) is 366 cm³/mol. The second kappa shape index (κ2) is 27.8. The zero-order chi connectivity index (χ0) is 62.9.